The van der Waals surface area contributed by atoms with Gasteiger partial charge in [0.05, 0.1) is 6.23 Å². The van der Waals surface area contributed by atoms with Crippen molar-refractivity contribution in [3.63, 3.8) is 0 Å². The fourth-order valence-electron chi connectivity index (χ4n) is 1.27. The molecule has 0 heterocycles. The number of carbonyl (C=O) groups is 1. The maximum absolute atomic E-state index is 10.8. The topological polar surface area (TPSA) is 26.3 Å². The molecule has 1 aromatic carbocycles. The standard InChI is InChI=1S/C11H15ClO2Si/c1-9(13)14-8-15(2,3)11-6-4-10(12)5-7-11/h4-7H,8H2,1-3H3. The molecule has 0 bridgehead atoms. The third kappa shape index (κ3) is 3.68. The Bertz CT molecular complexity index is 346. The highest BCUT2D eigenvalue weighted by Crippen LogP contribution is 2.09. The smallest absolute Gasteiger partial charge is 0.302 e. The summed E-state index contributed by atoms with van der Waals surface area (Å²) in [7, 11) is -1.67. The lowest BCUT2D eigenvalue weighted by atomic mass is 10.4. The van der Waals surface area contributed by atoms with Gasteiger partial charge in [-0.2, -0.15) is 0 Å². The van der Waals surface area contributed by atoms with E-state index in [1.54, 1.807) is 0 Å². The van der Waals surface area contributed by atoms with E-state index in [1.807, 2.05) is 24.3 Å². The van der Waals surface area contributed by atoms with Crippen molar-refractivity contribution in [2.45, 2.75) is 20.0 Å². The quantitative estimate of drug-likeness (QED) is 0.601. The maximum atomic E-state index is 10.8. The minimum Gasteiger partial charge on any atom is -0.469 e. The predicted molar refractivity (Wildman–Crippen MR) is 65.2 cm³/mol. The summed E-state index contributed by atoms with van der Waals surface area (Å²) in [5.74, 6) is -0.218. The van der Waals surface area contributed by atoms with E-state index in [2.05, 4.69) is 13.1 Å². The summed E-state index contributed by atoms with van der Waals surface area (Å²) in [6.45, 7) is 5.77. The largest absolute Gasteiger partial charge is 0.469 e. The summed E-state index contributed by atoms with van der Waals surface area (Å²) < 4.78 is 5.08. The molecule has 0 aromatic heterocycles. The average Bonchev–Trinajstić information content (AvgIpc) is 2.16. The number of rotatable bonds is 3. The van der Waals surface area contributed by atoms with Crippen LogP contribution in [0.15, 0.2) is 24.3 Å². The van der Waals surface area contributed by atoms with Crippen LogP contribution < -0.4 is 5.19 Å². The lowest BCUT2D eigenvalue weighted by molar-refractivity contribution is -0.139. The molecule has 0 aliphatic carbocycles. The van der Waals surface area contributed by atoms with E-state index in [1.165, 1.54) is 12.1 Å². The fourth-order valence-corrected chi connectivity index (χ4v) is 3.19. The van der Waals surface area contributed by atoms with Gasteiger partial charge in [-0.3, -0.25) is 4.79 Å². The molecule has 0 aliphatic rings. The molecule has 0 radical (unpaired) electrons. The number of esters is 1. The van der Waals surface area contributed by atoms with E-state index in [-0.39, 0.29) is 5.97 Å². The second-order valence-corrected chi connectivity index (χ2v) is 9.24. The zero-order valence-electron chi connectivity index (χ0n) is 9.21. The van der Waals surface area contributed by atoms with Crippen molar-refractivity contribution in [1.82, 2.24) is 0 Å². The molecule has 0 fully saturated rings. The lowest BCUT2D eigenvalue weighted by Gasteiger charge is -2.22. The number of halogens is 1. The Hall–Kier alpha value is -0.803. The highest BCUT2D eigenvalue weighted by Gasteiger charge is 2.24. The molecule has 2 nitrogen and oxygen atoms in total. The summed E-state index contributed by atoms with van der Waals surface area (Å²) in [5.41, 5.74) is 0. The van der Waals surface area contributed by atoms with Crippen LogP contribution in [0.4, 0.5) is 0 Å². The highest BCUT2D eigenvalue weighted by atomic mass is 35.5. The van der Waals surface area contributed by atoms with Gasteiger partial charge in [0.2, 0.25) is 0 Å². The Labute approximate surface area is 96.2 Å². The van der Waals surface area contributed by atoms with Crippen molar-refractivity contribution in [2.75, 3.05) is 6.23 Å². The number of hydrogen-bond acceptors (Lipinski definition) is 2. The van der Waals surface area contributed by atoms with Crippen molar-refractivity contribution < 1.29 is 9.53 Å². The van der Waals surface area contributed by atoms with Gasteiger partial charge in [-0.1, -0.05) is 42.0 Å². The molecule has 0 unspecified atom stereocenters. The first-order valence-corrected chi connectivity index (χ1v) is 8.40. The Morgan fingerprint density at radius 3 is 2.33 bits per heavy atom. The van der Waals surface area contributed by atoms with Gasteiger partial charge in [-0.25, -0.2) is 0 Å². The van der Waals surface area contributed by atoms with Crippen LogP contribution in [0.25, 0.3) is 0 Å². The SMILES string of the molecule is CC(=O)OC[Si](C)(C)c1ccc(Cl)cc1. The van der Waals surface area contributed by atoms with E-state index >= 15 is 0 Å². The molecule has 82 valence electrons. The van der Waals surface area contributed by atoms with Gasteiger partial charge in [0.15, 0.2) is 0 Å². The van der Waals surface area contributed by atoms with Gasteiger partial charge in [-0.15, -0.1) is 0 Å². The van der Waals surface area contributed by atoms with E-state index in [9.17, 15) is 4.79 Å². The van der Waals surface area contributed by atoms with Gasteiger partial charge in [0, 0.05) is 11.9 Å². The summed E-state index contributed by atoms with van der Waals surface area (Å²) in [5, 5.41) is 1.98. The maximum Gasteiger partial charge on any atom is 0.302 e. The zero-order chi connectivity index (χ0) is 11.5. The Balaban J connectivity index is 2.76. The third-order valence-electron chi connectivity index (χ3n) is 2.26. The van der Waals surface area contributed by atoms with Crippen LogP contribution in [-0.4, -0.2) is 20.3 Å². The molecular formula is C11H15ClO2Si. The van der Waals surface area contributed by atoms with E-state index in [0.717, 1.165) is 5.02 Å². The summed E-state index contributed by atoms with van der Waals surface area (Å²) in [6, 6.07) is 7.77. The van der Waals surface area contributed by atoms with Crippen molar-refractivity contribution in [3.05, 3.63) is 29.3 Å². The normalized spacial score (nSPS) is 11.2. The molecule has 0 atom stereocenters. The van der Waals surface area contributed by atoms with Crippen LogP contribution in [0.2, 0.25) is 18.1 Å². The van der Waals surface area contributed by atoms with Crippen molar-refractivity contribution in [1.29, 1.82) is 0 Å². The summed E-state index contributed by atoms with van der Waals surface area (Å²) in [6.07, 6.45) is 0.518. The second kappa shape index (κ2) is 4.81. The average molecular weight is 243 g/mol. The molecule has 1 rings (SSSR count). The van der Waals surface area contributed by atoms with E-state index < -0.39 is 8.07 Å². The first-order chi connectivity index (χ1) is 6.92. The second-order valence-electron chi connectivity index (χ2n) is 4.17. The van der Waals surface area contributed by atoms with Gasteiger partial charge in [-0.05, 0) is 12.1 Å². The highest BCUT2D eigenvalue weighted by molar-refractivity contribution is 6.89. The molecule has 15 heavy (non-hydrogen) atoms. The lowest BCUT2D eigenvalue weighted by Crippen LogP contribution is -2.46. The van der Waals surface area contributed by atoms with Crippen molar-refractivity contribution >= 4 is 30.8 Å². The molecule has 0 aliphatic heterocycles. The van der Waals surface area contributed by atoms with Gasteiger partial charge < -0.3 is 4.74 Å². The van der Waals surface area contributed by atoms with Crippen LogP contribution in [0, 0.1) is 0 Å². The number of ether oxygens (including phenoxy) is 1. The monoisotopic (exact) mass is 242 g/mol. The molecule has 0 saturated carbocycles. The summed E-state index contributed by atoms with van der Waals surface area (Å²) >= 11 is 5.82. The predicted octanol–water partition coefficient (Wildman–Crippen LogP) is 2.36. The molecule has 1 aromatic rings. The van der Waals surface area contributed by atoms with E-state index in [0.29, 0.717) is 6.23 Å². The van der Waals surface area contributed by atoms with Crippen molar-refractivity contribution in [2.24, 2.45) is 0 Å². The molecular weight excluding hydrogens is 228 g/mol. The first-order valence-electron chi connectivity index (χ1n) is 4.81. The number of carbonyl (C=O) groups excluding carboxylic acids is 1. The Kier molecular flexibility index (Phi) is 3.94. The van der Waals surface area contributed by atoms with Crippen LogP contribution in [0.1, 0.15) is 6.92 Å². The Morgan fingerprint density at radius 2 is 1.87 bits per heavy atom. The molecule has 0 amide bonds. The summed E-state index contributed by atoms with van der Waals surface area (Å²) in [4.78, 5) is 10.8. The zero-order valence-corrected chi connectivity index (χ0v) is 11.0. The van der Waals surface area contributed by atoms with Crippen LogP contribution in [0.5, 0.6) is 0 Å². The Morgan fingerprint density at radius 1 is 1.33 bits per heavy atom. The molecule has 0 N–H and O–H groups in total. The van der Waals surface area contributed by atoms with E-state index in [4.69, 9.17) is 16.3 Å². The first kappa shape index (κ1) is 12.3. The molecule has 0 spiro atoms. The third-order valence-corrected chi connectivity index (χ3v) is 5.28. The van der Waals surface area contributed by atoms with Crippen LogP contribution in [0.3, 0.4) is 0 Å². The minimum atomic E-state index is -1.67. The minimum absolute atomic E-state index is 0.218. The van der Waals surface area contributed by atoms with Gasteiger partial charge >= 0.3 is 5.97 Å². The number of hydrogen-bond donors (Lipinski definition) is 0. The van der Waals surface area contributed by atoms with Crippen LogP contribution in [-0.2, 0) is 9.53 Å². The fraction of sp³-hybridized carbons (Fsp3) is 0.364. The number of benzene rings is 1. The van der Waals surface area contributed by atoms with Crippen LogP contribution >= 0.6 is 11.6 Å². The molecule has 0 saturated heterocycles. The van der Waals surface area contributed by atoms with Gasteiger partial charge in [0.1, 0.15) is 8.07 Å². The van der Waals surface area contributed by atoms with Crippen molar-refractivity contribution in [3.8, 4) is 0 Å². The molecule has 4 heteroatoms. The van der Waals surface area contributed by atoms with Gasteiger partial charge in [0.25, 0.3) is 0 Å².